The highest BCUT2D eigenvalue weighted by Crippen LogP contribution is 2.36. The van der Waals surface area contributed by atoms with E-state index in [4.69, 9.17) is 16.3 Å². The molecule has 9 heteroatoms. The lowest BCUT2D eigenvalue weighted by atomic mass is 10.0. The van der Waals surface area contributed by atoms with E-state index >= 15 is 0 Å². The van der Waals surface area contributed by atoms with Gasteiger partial charge >= 0.3 is 0 Å². The number of likely N-dealkylation sites (N-methyl/N-ethyl adjacent to an activating group) is 1. The van der Waals surface area contributed by atoms with Crippen LogP contribution in [0.5, 0.6) is 0 Å². The van der Waals surface area contributed by atoms with Gasteiger partial charge in [0.2, 0.25) is 0 Å². The summed E-state index contributed by atoms with van der Waals surface area (Å²) in [5, 5.41) is 14.0. The molecule has 4 rings (SSSR count). The number of thiophene rings is 1. The second kappa shape index (κ2) is 8.39. The number of aliphatic hydroxyl groups is 1. The number of carbonyl (C=O) groups excluding carboxylic acids is 2. The molecule has 0 unspecified atom stereocenters. The molecule has 7 nitrogen and oxygen atoms in total. The van der Waals surface area contributed by atoms with E-state index in [-0.39, 0.29) is 18.6 Å². The van der Waals surface area contributed by atoms with Gasteiger partial charge in [0.1, 0.15) is 10.5 Å². The molecule has 0 spiro atoms. The van der Waals surface area contributed by atoms with Crippen LogP contribution in [0, 0.1) is 0 Å². The second-order valence-electron chi connectivity index (χ2n) is 7.37. The molecule has 0 saturated carbocycles. The molecule has 0 saturated heterocycles. The van der Waals surface area contributed by atoms with Crippen LogP contribution in [0.3, 0.4) is 0 Å². The Morgan fingerprint density at radius 1 is 1.40 bits per heavy atom. The maximum atomic E-state index is 12.9. The second-order valence-corrected chi connectivity index (χ2v) is 9.05. The van der Waals surface area contributed by atoms with Crippen LogP contribution < -0.4 is 5.32 Å². The first-order chi connectivity index (χ1) is 14.4. The van der Waals surface area contributed by atoms with Crippen molar-refractivity contribution in [2.75, 3.05) is 20.8 Å². The summed E-state index contributed by atoms with van der Waals surface area (Å²) in [5.74, 6) is -0.705. The van der Waals surface area contributed by atoms with Crippen LogP contribution in [-0.2, 0) is 16.0 Å². The number of fused-ring (bicyclic) bond motifs is 2. The normalized spacial score (nSPS) is 18.9. The molecule has 2 aromatic heterocycles. The number of methoxy groups -OCH3 is 1. The Hall–Kier alpha value is -2.39. The van der Waals surface area contributed by atoms with Crippen molar-refractivity contribution < 1.29 is 19.4 Å². The summed E-state index contributed by atoms with van der Waals surface area (Å²) in [6.07, 6.45) is -0.671. The van der Waals surface area contributed by atoms with Crippen molar-refractivity contribution in [3.63, 3.8) is 0 Å². The highest BCUT2D eigenvalue weighted by molar-refractivity contribution is 7.22. The molecular formula is C21H22ClN3O4S. The molecule has 3 aromatic rings. The highest BCUT2D eigenvalue weighted by Gasteiger charge is 2.39. The van der Waals surface area contributed by atoms with Gasteiger partial charge in [-0.05, 0) is 29.7 Å². The Balaban J connectivity index is 1.58. The lowest BCUT2D eigenvalue weighted by Crippen LogP contribution is -2.48. The molecule has 2 heterocycles. The number of nitrogens with zero attached hydrogens (tertiary/aromatic N) is 1. The number of H-pyrrole nitrogens is 1. The SMILES string of the molecule is COC[C@H](O)C(=O)N(C)[C@H]1c2ccccc2C[C@H]1NC(=O)c1cc2cc(Cl)sc2[nH]1. The fraction of sp³-hybridized carbons (Fsp3) is 0.333. The van der Waals surface area contributed by atoms with Gasteiger partial charge in [-0.25, -0.2) is 0 Å². The number of amides is 2. The van der Waals surface area contributed by atoms with Gasteiger partial charge in [0, 0.05) is 19.5 Å². The van der Waals surface area contributed by atoms with Gasteiger partial charge in [-0.1, -0.05) is 35.9 Å². The van der Waals surface area contributed by atoms with E-state index in [2.05, 4.69) is 10.3 Å². The predicted molar refractivity (Wildman–Crippen MR) is 116 cm³/mol. The van der Waals surface area contributed by atoms with Gasteiger partial charge in [0.05, 0.1) is 23.0 Å². The van der Waals surface area contributed by atoms with Crippen LogP contribution in [0.4, 0.5) is 0 Å². The van der Waals surface area contributed by atoms with E-state index in [1.54, 1.807) is 13.1 Å². The third-order valence-electron chi connectivity index (χ3n) is 5.41. The minimum absolute atomic E-state index is 0.0870. The summed E-state index contributed by atoms with van der Waals surface area (Å²) in [4.78, 5) is 31.1. The Kier molecular flexibility index (Phi) is 5.84. The molecule has 158 valence electrons. The predicted octanol–water partition coefficient (Wildman–Crippen LogP) is 2.74. The summed E-state index contributed by atoms with van der Waals surface area (Å²) in [6.45, 7) is -0.0870. The van der Waals surface area contributed by atoms with Crippen molar-refractivity contribution in [1.29, 1.82) is 0 Å². The zero-order valence-corrected chi connectivity index (χ0v) is 18.1. The summed E-state index contributed by atoms with van der Waals surface area (Å²) >= 11 is 7.39. The van der Waals surface area contributed by atoms with Gasteiger partial charge in [0.15, 0.2) is 6.10 Å². The zero-order valence-electron chi connectivity index (χ0n) is 16.5. The van der Waals surface area contributed by atoms with Crippen molar-refractivity contribution in [1.82, 2.24) is 15.2 Å². The van der Waals surface area contributed by atoms with Crippen LogP contribution in [0.15, 0.2) is 36.4 Å². The lowest BCUT2D eigenvalue weighted by molar-refractivity contribution is -0.144. The van der Waals surface area contributed by atoms with Crippen LogP contribution >= 0.6 is 22.9 Å². The van der Waals surface area contributed by atoms with Crippen molar-refractivity contribution in [3.05, 3.63) is 57.6 Å². The van der Waals surface area contributed by atoms with Crippen LogP contribution in [0.1, 0.15) is 27.7 Å². The monoisotopic (exact) mass is 447 g/mol. The largest absolute Gasteiger partial charge is 0.381 e. The van der Waals surface area contributed by atoms with Gasteiger partial charge in [0.25, 0.3) is 11.8 Å². The fourth-order valence-electron chi connectivity index (χ4n) is 4.04. The molecule has 0 fully saturated rings. The number of benzene rings is 1. The molecule has 0 radical (unpaired) electrons. The Morgan fingerprint density at radius 2 is 2.17 bits per heavy atom. The first-order valence-electron chi connectivity index (χ1n) is 9.49. The molecule has 1 aliphatic carbocycles. The Morgan fingerprint density at radius 3 is 2.90 bits per heavy atom. The maximum Gasteiger partial charge on any atom is 0.268 e. The van der Waals surface area contributed by atoms with Gasteiger partial charge in [-0.3, -0.25) is 9.59 Å². The standard InChI is InChI=1S/C21H22ClN3O4S/c1-25(21(28)16(26)10-29-2)18-13-6-4-3-5-11(13)7-14(18)23-19(27)15-8-12-9-17(22)30-20(12)24-15/h3-6,8-9,14,16,18,24,26H,7,10H2,1-2H3,(H,23,27)/t14-,16+,18+/m1/s1. The number of aliphatic hydroxyl groups excluding tert-OH is 1. The number of carbonyl (C=O) groups is 2. The Bertz CT molecular complexity index is 1060. The molecule has 3 N–H and O–H groups in total. The maximum absolute atomic E-state index is 12.9. The number of aromatic amines is 1. The quantitative estimate of drug-likeness (QED) is 0.541. The molecular weight excluding hydrogens is 426 g/mol. The minimum Gasteiger partial charge on any atom is -0.381 e. The molecule has 0 bridgehead atoms. The van der Waals surface area contributed by atoms with E-state index in [1.165, 1.54) is 23.3 Å². The van der Waals surface area contributed by atoms with Crippen LogP contribution in [0.2, 0.25) is 4.34 Å². The summed E-state index contributed by atoms with van der Waals surface area (Å²) in [7, 11) is 3.07. The van der Waals surface area contributed by atoms with Gasteiger partial charge < -0.3 is 25.0 Å². The fourth-order valence-corrected chi connectivity index (χ4v) is 5.17. The topological polar surface area (TPSA) is 94.7 Å². The molecule has 0 aliphatic heterocycles. The highest BCUT2D eigenvalue weighted by atomic mass is 35.5. The van der Waals surface area contributed by atoms with E-state index in [0.29, 0.717) is 16.5 Å². The number of halogens is 1. The van der Waals surface area contributed by atoms with E-state index < -0.39 is 18.1 Å². The third kappa shape index (κ3) is 3.83. The number of nitrogens with one attached hydrogen (secondary N) is 2. The molecule has 30 heavy (non-hydrogen) atoms. The van der Waals surface area contributed by atoms with E-state index in [1.807, 2.05) is 30.3 Å². The molecule has 3 atom stereocenters. The summed E-state index contributed by atoms with van der Waals surface area (Å²) in [6, 6.07) is 10.6. The lowest BCUT2D eigenvalue weighted by Gasteiger charge is -2.32. The number of rotatable bonds is 6. The van der Waals surface area contributed by atoms with Gasteiger partial charge in [-0.2, -0.15) is 0 Å². The zero-order chi connectivity index (χ0) is 21.4. The number of ether oxygens (including phenoxy) is 1. The molecule has 1 aromatic carbocycles. The van der Waals surface area contributed by atoms with E-state index in [9.17, 15) is 14.7 Å². The molecule has 1 aliphatic rings. The number of aromatic nitrogens is 1. The average molecular weight is 448 g/mol. The van der Waals surface area contributed by atoms with Crippen LogP contribution in [0.25, 0.3) is 10.2 Å². The third-order valence-corrected chi connectivity index (χ3v) is 6.60. The molecule has 2 amide bonds. The Labute approximate surface area is 182 Å². The number of hydrogen-bond donors (Lipinski definition) is 3. The van der Waals surface area contributed by atoms with Gasteiger partial charge in [-0.15, -0.1) is 11.3 Å². The first-order valence-corrected chi connectivity index (χ1v) is 10.7. The first kappa shape index (κ1) is 20.9. The van der Waals surface area contributed by atoms with Crippen molar-refractivity contribution in [3.8, 4) is 0 Å². The average Bonchev–Trinajstić information content (AvgIpc) is 3.37. The van der Waals surface area contributed by atoms with Crippen molar-refractivity contribution in [2.24, 2.45) is 0 Å². The number of hydrogen-bond acceptors (Lipinski definition) is 5. The smallest absolute Gasteiger partial charge is 0.268 e. The van der Waals surface area contributed by atoms with Crippen molar-refractivity contribution >= 4 is 45.0 Å². The van der Waals surface area contributed by atoms with Crippen molar-refractivity contribution in [2.45, 2.75) is 24.6 Å². The summed E-state index contributed by atoms with van der Waals surface area (Å²) in [5.41, 5.74) is 2.46. The van der Waals surface area contributed by atoms with Crippen LogP contribution in [-0.4, -0.2) is 59.7 Å². The minimum atomic E-state index is -1.26. The van der Waals surface area contributed by atoms with E-state index in [0.717, 1.165) is 21.3 Å². The summed E-state index contributed by atoms with van der Waals surface area (Å²) < 4.78 is 5.56.